The van der Waals surface area contributed by atoms with Gasteiger partial charge in [0, 0.05) is 12.5 Å². The van der Waals surface area contributed by atoms with Crippen LogP contribution in [0.2, 0.25) is 0 Å². The molecule has 0 heterocycles. The second-order valence-electron chi connectivity index (χ2n) is 3.10. The molecule has 0 aliphatic heterocycles. The van der Waals surface area contributed by atoms with E-state index in [9.17, 15) is 18.9 Å². The van der Waals surface area contributed by atoms with E-state index in [0.717, 1.165) is 0 Å². The van der Waals surface area contributed by atoms with Crippen molar-refractivity contribution >= 4 is 5.69 Å². The summed E-state index contributed by atoms with van der Waals surface area (Å²) in [5.74, 6) is -2.56. The molecule has 1 rings (SSSR count). The van der Waals surface area contributed by atoms with Gasteiger partial charge in [0.15, 0.2) is 11.6 Å². The second kappa shape index (κ2) is 5.75. The Morgan fingerprint density at radius 2 is 2.12 bits per heavy atom. The molecule has 0 aliphatic carbocycles. The van der Waals surface area contributed by atoms with E-state index in [-0.39, 0.29) is 13.0 Å². The Morgan fingerprint density at radius 1 is 1.41 bits per heavy atom. The number of nitrogens with zero attached hydrogens (tertiary/aromatic N) is 2. The first-order valence-electron chi connectivity index (χ1n) is 4.69. The molecule has 5 nitrogen and oxygen atoms in total. The van der Waals surface area contributed by atoms with Crippen molar-refractivity contribution < 1.29 is 18.4 Å². The summed E-state index contributed by atoms with van der Waals surface area (Å²) >= 11 is 0. The van der Waals surface area contributed by atoms with Crippen LogP contribution in [0.5, 0.6) is 5.75 Å². The summed E-state index contributed by atoms with van der Waals surface area (Å²) in [6.45, 7) is 0.0434. The molecule has 0 N–H and O–H groups in total. The van der Waals surface area contributed by atoms with E-state index in [4.69, 9.17) is 10.00 Å². The van der Waals surface area contributed by atoms with Gasteiger partial charge < -0.3 is 4.74 Å². The van der Waals surface area contributed by atoms with Crippen molar-refractivity contribution in [2.45, 2.75) is 12.8 Å². The third kappa shape index (κ3) is 3.38. The molecule has 7 heteroatoms. The van der Waals surface area contributed by atoms with Gasteiger partial charge in [-0.1, -0.05) is 0 Å². The van der Waals surface area contributed by atoms with Crippen molar-refractivity contribution in [3.8, 4) is 11.8 Å². The van der Waals surface area contributed by atoms with Crippen LogP contribution < -0.4 is 4.74 Å². The number of rotatable bonds is 5. The van der Waals surface area contributed by atoms with Crippen LogP contribution in [0, 0.1) is 33.1 Å². The van der Waals surface area contributed by atoms with Crippen molar-refractivity contribution in [1.29, 1.82) is 5.26 Å². The zero-order chi connectivity index (χ0) is 12.8. The Hall–Kier alpha value is -2.23. The van der Waals surface area contributed by atoms with E-state index in [0.29, 0.717) is 18.6 Å². The van der Waals surface area contributed by atoms with Crippen LogP contribution in [-0.2, 0) is 0 Å². The van der Waals surface area contributed by atoms with Crippen molar-refractivity contribution in [3.05, 3.63) is 33.9 Å². The lowest BCUT2D eigenvalue weighted by molar-refractivity contribution is -0.387. The number of unbranched alkanes of at least 4 members (excludes halogenated alkanes) is 1. The third-order valence-corrected chi connectivity index (χ3v) is 1.89. The fourth-order valence-electron chi connectivity index (χ4n) is 1.10. The fourth-order valence-corrected chi connectivity index (χ4v) is 1.10. The number of hydrogen-bond donors (Lipinski definition) is 0. The summed E-state index contributed by atoms with van der Waals surface area (Å²) in [5.41, 5.74) is -0.938. The first-order valence-corrected chi connectivity index (χ1v) is 4.69. The Morgan fingerprint density at radius 3 is 2.71 bits per heavy atom. The Kier molecular flexibility index (Phi) is 4.34. The smallest absolute Gasteiger partial charge is 0.307 e. The third-order valence-electron chi connectivity index (χ3n) is 1.89. The molecule has 0 radical (unpaired) electrons. The molecule has 0 unspecified atom stereocenters. The molecule has 90 valence electrons. The van der Waals surface area contributed by atoms with Crippen molar-refractivity contribution in [1.82, 2.24) is 0 Å². The van der Waals surface area contributed by atoms with E-state index in [2.05, 4.69) is 0 Å². The van der Waals surface area contributed by atoms with Gasteiger partial charge in [-0.2, -0.15) is 9.65 Å². The molecule has 0 amide bonds. The van der Waals surface area contributed by atoms with Crippen LogP contribution in [0.15, 0.2) is 12.1 Å². The minimum absolute atomic E-state index is 0.0434. The standard InChI is InChI=1S/C10H8F2N2O3/c11-7-6-10(17-4-2-1-3-13)8(12)5-9(7)14(15)16/h5-6H,1-2,4H2. The Bertz CT molecular complexity index is 471. The highest BCUT2D eigenvalue weighted by atomic mass is 19.1. The fraction of sp³-hybridized carbons (Fsp3) is 0.300. The van der Waals surface area contributed by atoms with Crippen molar-refractivity contribution in [2.24, 2.45) is 0 Å². The van der Waals surface area contributed by atoms with Gasteiger partial charge in [0.25, 0.3) is 0 Å². The van der Waals surface area contributed by atoms with Gasteiger partial charge in [-0.3, -0.25) is 10.1 Å². The lowest BCUT2D eigenvalue weighted by Crippen LogP contribution is -2.01. The van der Waals surface area contributed by atoms with Crippen molar-refractivity contribution in [2.75, 3.05) is 6.61 Å². The Labute approximate surface area is 95.4 Å². The highest BCUT2D eigenvalue weighted by Crippen LogP contribution is 2.26. The van der Waals surface area contributed by atoms with E-state index >= 15 is 0 Å². The Balaban J connectivity index is 2.78. The molecule has 0 saturated carbocycles. The topological polar surface area (TPSA) is 76.2 Å². The largest absolute Gasteiger partial charge is 0.490 e. The van der Waals surface area contributed by atoms with Crippen LogP contribution in [0.1, 0.15) is 12.8 Å². The number of nitro benzene ring substituents is 1. The molecule has 0 fully saturated rings. The van der Waals surface area contributed by atoms with Gasteiger partial charge in [0.05, 0.1) is 23.7 Å². The molecule has 0 atom stereocenters. The summed E-state index contributed by atoms with van der Waals surface area (Å²) < 4.78 is 31.2. The predicted octanol–water partition coefficient (Wildman–Crippen LogP) is 2.56. The molecular weight excluding hydrogens is 234 g/mol. The van der Waals surface area contributed by atoms with E-state index in [1.807, 2.05) is 6.07 Å². The number of nitro groups is 1. The van der Waals surface area contributed by atoms with Crippen LogP contribution >= 0.6 is 0 Å². The minimum atomic E-state index is -1.16. The van der Waals surface area contributed by atoms with Crippen LogP contribution in [0.4, 0.5) is 14.5 Å². The molecule has 1 aromatic carbocycles. The molecule has 0 bridgehead atoms. The molecule has 1 aromatic rings. The zero-order valence-electron chi connectivity index (χ0n) is 8.65. The van der Waals surface area contributed by atoms with Gasteiger partial charge in [-0.15, -0.1) is 0 Å². The summed E-state index contributed by atoms with van der Waals surface area (Å²) in [7, 11) is 0. The first-order chi connectivity index (χ1) is 8.06. The zero-order valence-corrected chi connectivity index (χ0v) is 8.65. The van der Waals surface area contributed by atoms with Crippen molar-refractivity contribution in [3.63, 3.8) is 0 Å². The monoisotopic (exact) mass is 242 g/mol. The van der Waals surface area contributed by atoms with Crippen LogP contribution in [0.25, 0.3) is 0 Å². The molecule has 0 aliphatic rings. The van der Waals surface area contributed by atoms with Gasteiger partial charge in [-0.05, 0) is 6.42 Å². The maximum absolute atomic E-state index is 13.2. The number of ether oxygens (including phenoxy) is 1. The van der Waals surface area contributed by atoms with Gasteiger partial charge >= 0.3 is 5.69 Å². The number of hydrogen-bond acceptors (Lipinski definition) is 4. The lowest BCUT2D eigenvalue weighted by atomic mass is 10.2. The second-order valence-corrected chi connectivity index (χ2v) is 3.10. The highest BCUT2D eigenvalue weighted by Gasteiger charge is 2.19. The number of nitriles is 1. The minimum Gasteiger partial charge on any atom is -0.490 e. The average Bonchev–Trinajstić information content (AvgIpc) is 2.28. The summed E-state index contributed by atoms with van der Waals surface area (Å²) in [4.78, 5) is 9.29. The first kappa shape index (κ1) is 12.8. The normalized spacial score (nSPS) is 9.71. The van der Waals surface area contributed by atoms with Gasteiger partial charge in [0.2, 0.25) is 5.82 Å². The molecule has 0 saturated heterocycles. The number of halogens is 2. The highest BCUT2D eigenvalue weighted by molar-refractivity contribution is 5.39. The van der Waals surface area contributed by atoms with E-state index in [1.54, 1.807) is 0 Å². The van der Waals surface area contributed by atoms with Gasteiger partial charge in [0.1, 0.15) is 0 Å². The maximum atomic E-state index is 13.2. The average molecular weight is 242 g/mol. The quantitative estimate of drug-likeness (QED) is 0.451. The number of benzene rings is 1. The predicted molar refractivity (Wildman–Crippen MR) is 53.4 cm³/mol. The molecule has 17 heavy (non-hydrogen) atoms. The maximum Gasteiger partial charge on any atom is 0.307 e. The summed E-state index contributed by atoms with van der Waals surface area (Å²) in [6, 6.07) is 2.96. The van der Waals surface area contributed by atoms with Crippen LogP contribution in [-0.4, -0.2) is 11.5 Å². The van der Waals surface area contributed by atoms with Crippen LogP contribution in [0.3, 0.4) is 0 Å². The lowest BCUT2D eigenvalue weighted by Gasteiger charge is -2.06. The summed E-state index contributed by atoms with van der Waals surface area (Å²) in [6.07, 6.45) is 0.603. The molecule has 0 aromatic heterocycles. The van der Waals surface area contributed by atoms with E-state index in [1.165, 1.54) is 0 Å². The van der Waals surface area contributed by atoms with E-state index < -0.39 is 28.0 Å². The SMILES string of the molecule is N#CCCCOc1cc(F)c([N+](=O)[O-])cc1F. The molecule has 0 spiro atoms. The molecular formula is C10H8F2N2O3. The summed E-state index contributed by atoms with van der Waals surface area (Å²) in [5, 5.41) is 18.6. The van der Waals surface area contributed by atoms with Gasteiger partial charge in [-0.25, -0.2) is 4.39 Å².